The maximum Gasteiger partial charge on any atom is 0.319 e. The number of hydrogen-bond acceptors (Lipinski definition) is 16. The number of piperidine rings is 1. The van der Waals surface area contributed by atoms with E-state index in [1.54, 1.807) is 38.5 Å². The Morgan fingerprint density at radius 3 is 1.66 bits per heavy atom. The fraction of sp³-hybridized carbons (Fsp3) is 0.417. The number of nitrogens with one attached hydrogen (secondary N) is 1. The number of rotatable bonds is 13. The van der Waals surface area contributed by atoms with Crippen LogP contribution in [0.15, 0.2) is 85.2 Å². The zero-order chi connectivity index (χ0) is 54.4. The van der Waals surface area contributed by atoms with Crippen molar-refractivity contribution in [3.63, 3.8) is 0 Å². The van der Waals surface area contributed by atoms with Crippen LogP contribution in [0.25, 0.3) is 65.9 Å². The van der Waals surface area contributed by atoms with Crippen LogP contribution in [0, 0.1) is 11.6 Å². The van der Waals surface area contributed by atoms with Gasteiger partial charge in [0.05, 0.1) is 28.0 Å². The van der Waals surface area contributed by atoms with Crippen LogP contribution in [-0.2, 0) is 4.79 Å². The van der Waals surface area contributed by atoms with Gasteiger partial charge < -0.3 is 39.9 Å². The predicted octanol–water partition coefficient (Wildman–Crippen LogP) is 9.25. The van der Waals surface area contributed by atoms with Crippen LogP contribution >= 0.6 is 0 Å². The molecule has 5 fully saturated rings. The highest BCUT2D eigenvalue weighted by atomic mass is 19.1. The molecule has 0 aliphatic carbocycles. The Hall–Kier alpha value is -7.61. The van der Waals surface area contributed by atoms with Gasteiger partial charge in [0.2, 0.25) is 5.91 Å². The molecule has 19 heteroatoms. The van der Waals surface area contributed by atoms with E-state index in [2.05, 4.69) is 44.9 Å². The number of aromatic nitrogens is 6. The molecule has 0 unspecified atom stereocenters. The van der Waals surface area contributed by atoms with Gasteiger partial charge in [-0.1, -0.05) is 48.5 Å². The van der Waals surface area contributed by atoms with E-state index in [9.17, 15) is 20.1 Å². The third kappa shape index (κ3) is 10.1. The number of halogens is 2. The Balaban J connectivity index is 0.000000158. The topological polar surface area (TPSA) is 199 Å². The minimum Gasteiger partial charge on any atom is -0.508 e. The number of fused-ring (bicyclic) bond motifs is 6. The number of carbonyl (C=O) groups is 1. The van der Waals surface area contributed by atoms with Gasteiger partial charge in [0.25, 0.3) is 0 Å². The number of phenols is 2. The molecule has 5 aliphatic rings. The Bertz CT molecular complexity index is 3600. The number of pyridine rings is 2. The summed E-state index contributed by atoms with van der Waals surface area (Å²) in [7, 11) is 3.41. The van der Waals surface area contributed by atoms with E-state index < -0.39 is 11.6 Å². The van der Waals surface area contributed by atoms with Crippen molar-refractivity contribution in [2.45, 2.75) is 87.8 Å². The molecule has 0 atom stereocenters. The monoisotopic (exact) mass is 1070 g/mol. The number of nitrogens with zero attached hydrogens (tertiary/aromatic N) is 10. The summed E-state index contributed by atoms with van der Waals surface area (Å²) in [6.45, 7) is 6.74. The normalized spacial score (nSPS) is 18.0. The molecule has 4 aromatic carbocycles. The summed E-state index contributed by atoms with van der Waals surface area (Å²) >= 11 is 0. The molecule has 410 valence electrons. The van der Waals surface area contributed by atoms with E-state index in [1.165, 1.54) is 17.2 Å². The fourth-order valence-electron chi connectivity index (χ4n) is 12.8. The first-order chi connectivity index (χ1) is 38.3. The summed E-state index contributed by atoms with van der Waals surface area (Å²) in [4.78, 5) is 48.2. The highest BCUT2D eigenvalue weighted by Gasteiger charge is 2.46. The minimum atomic E-state index is -0.630. The molecule has 0 radical (unpaired) electrons. The fourth-order valence-corrected chi connectivity index (χ4v) is 12.8. The Labute approximate surface area is 456 Å². The molecule has 0 saturated carbocycles. The van der Waals surface area contributed by atoms with Gasteiger partial charge in [-0.15, -0.1) is 0 Å². The van der Waals surface area contributed by atoms with E-state index in [0.717, 1.165) is 99.1 Å². The molecule has 8 aromatic rings. The summed E-state index contributed by atoms with van der Waals surface area (Å²) < 4.78 is 45.2. The molecule has 0 spiro atoms. The van der Waals surface area contributed by atoms with Crippen molar-refractivity contribution >= 4 is 60.9 Å². The standard InChI is InChI=1S/C30H33FN6O3.C30H32FN5O3/c1-36(2)24(39)9-12-32-28-23-17-33-26(22-16-20(38)15-19-7-3-4-8-21(19)22)25(31)27(23)34-29(35-28)40-18-30-10-5-13-37(30)14-6-11-30;31-25-26(23-16-21(38)15-19-5-1-2-6-22(19)23)32-17-24-27(25)33-29(34-28(24)35-13-7-20(37)8-14-35)39-18-30-9-3-11-36(30)12-4-10-30/h3-4,7-8,15-17,38H,5-6,9-14,18H2,1-2H3,(H,32,34,35);1-2,5-6,15-17,20,37-38H,3-4,7-14,18H2. The molecule has 9 heterocycles. The number of aromatic hydroxyl groups is 2. The van der Waals surface area contributed by atoms with E-state index >= 15 is 8.78 Å². The summed E-state index contributed by atoms with van der Waals surface area (Å²) in [6.07, 6.45) is 13.2. The number of anilines is 2. The quantitative estimate of drug-likeness (QED) is 0.0851. The van der Waals surface area contributed by atoms with Gasteiger partial charge in [0.1, 0.15) is 58.8 Å². The SMILES string of the molecule is CN(C)C(=O)CCNc1nc(OCC23CCCN2CCC3)nc2c(F)c(-c3cc(O)cc4ccccc34)ncc12.Oc1cc(-c2ncc3c(N4CCC(O)CC4)nc(OCC45CCCN4CCC5)nc3c2F)c2ccccc2c1. The second kappa shape index (κ2) is 21.6. The van der Waals surface area contributed by atoms with Crippen molar-refractivity contribution in [1.29, 1.82) is 0 Å². The summed E-state index contributed by atoms with van der Waals surface area (Å²) in [5.74, 6) is -0.242. The molecular formula is C60H65F2N11O6. The smallest absolute Gasteiger partial charge is 0.319 e. The number of phenolic OH excluding ortho intramolecular Hbond substituents is 2. The van der Waals surface area contributed by atoms with Crippen LogP contribution in [-0.4, -0.2) is 156 Å². The molecule has 4 aromatic heterocycles. The molecule has 5 saturated heterocycles. The van der Waals surface area contributed by atoms with Crippen LogP contribution < -0.4 is 19.7 Å². The number of aliphatic hydroxyl groups excluding tert-OH is 1. The lowest BCUT2D eigenvalue weighted by atomic mass is 9.95. The van der Waals surface area contributed by atoms with Gasteiger partial charge in [-0.2, -0.15) is 19.9 Å². The Morgan fingerprint density at radius 2 is 1.14 bits per heavy atom. The van der Waals surface area contributed by atoms with E-state index in [-0.39, 0.29) is 75.5 Å². The van der Waals surface area contributed by atoms with Gasteiger partial charge in [-0.05, 0) is 136 Å². The van der Waals surface area contributed by atoms with Crippen LogP contribution in [0.3, 0.4) is 0 Å². The first-order valence-electron chi connectivity index (χ1n) is 27.6. The molecule has 17 nitrogen and oxygen atoms in total. The number of aliphatic hydroxyl groups is 1. The Kier molecular flexibility index (Phi) is 14.2. The summed E-state index contributed by atoms with van der Waals surface area (Å²) in [6, 6.07) is 21.6. The molecule has 4 N–H and O–H groups in total. The van der Waals surface area contributed by atoms with E-state index in [4.69, 9.17) is 14.5 Å². The largest absolute Gasteiger partial charge is 0.508 e. The zero-order valence-corrected chi connectivity index (χ0v) is 44.6. The number of hydrogen-bond donors (Lipinski definition) is 4. The first-order valence-corrected chi connectivity index (χ1v) is 27.6. The third-order valence-electron chi connectivity index (χ3n) is 17.0. The van der Waals surface area contributed by atoms with E-state index in [1.807, 2.05) is 48.5 Å². The highest BCUT2D eigenvalue weighted by Crippen LogP contribution is 2.43. The lowest BCUT2D eigenvalue weighted by molar-refractivity contribution is -0.128. The molecular weight excluding hydrogens is 1010 g/mol. The van der Waals surface area contributed by atoms with Crippen LogP contribution in [0.2, 0.25) is 0 Å². The average molecular weight is 1070 g/mol. The van der Waals surface area contributed by atoms with Crippen LogP contribution in [0.4, 0.5) is 20.4 Å². The van der Waals surface area contributed by atoms with Crippen molar-refractivity contribution in [1.82, 2.24) is 44.6 Å². The van der Waals surface area contributed by atoms with Gasteiger partial charge in [-0.25, -0.2) is 8.78 Å². The van der Waals surface area contributed by atoms with Crippen LogP contribution in [0.5, 0.6) is 23.5 Å². The molecule has 79 heavy (non-hydrogen) atoms. The maximum atomic E-state index is 16.4. The van der Waals surface area contributed by atoms with Crippen LogP contribution in [0.1, 0.15) is 70.6 Å². The minimum absolute atomic E-state index is 0.0101. The lowest BCUT2D eigenvalue weighted by Crippen LogP contribution is -2.43. The van der Waals surface area contributed by atoms with Crippen molar-refractivity contribution in [3.8, 4) is 46.0 Å². The highest BCUT2D eigenvalue weighted by molar-refractivity contribution is 6.01. The van der Waals surface area contributed by atoms with Crippen molar-refractivity contribution < 1.29 is 38.4 Å². The summed E-state index contributed by atoms with van der Waals surface area (Å²) in [5, 5.41) is 38.0. The maximum absolute atomic E-state index is 16.4. The Morgan fingerprint density at radius 1 is 0.658 bits per heavy atom. The molecule has 5 aliphatic heterocycles. The summed E-state index contributed by atoms with van der Waals surface area (Å²) in [5.41, 5.74) is 1.36. The zero-order valence-electron chi connectivity index (χ0n) is 44.6. The second-order valence-corrected chi connectivity index (χ2v) is 22.1. The predicted molar refractivity (Wildman–Crippen MR) is 300 cm³/mol. The van der Waals surface area contributed by atoms with Crippen molar-refractivity contribution in [2.24, 2.45) is 0 Å². The third-order valence-corrected chi connectivity index (χ3v) is 17.0. The number of ether oxygens (including phenoxy) is 2. The average Bonchev–Trinajstić information content (AvgIpc) is 4.40. The van der Waals surface area contributed by atoms with Gasteiger partial charge in [0, 0.05) is 63.7 Å². The van der Waals surface area contributed by atoms with Gasteiger partial charge >= 0.3 is 12.0 Å². The van der Waals surface area contributed by atoms with E-state index in [0.29, 0.717) is 79.2 Å². The number of amides is 1. The first kappa shape index (κ1) is 52.1. The molecule has 1 amide bonds. The second-order valence-electron chi connectivity index (χ2n) is 22.1. The van der Waals surface area contributed by atoms with Crippen molar-refractivity contribution in [2.75, 3.05) is 83.3 Å². The number of benzene rings is 4. The molecule has 0 bridgehead atoms. The van der Waals surface area contributed by atoms with Crippen molar-refractivity contribution in [3.05, 3.63) is 96.8 Å². The number of carbonyl (C=O) groups excluding carboxylic acids is 1. The lowest BCUT2D eigenvalue weighted by Gasteiger charge is -2.32. The molecule has 13 rings (SSSR count). The van der Waals surface area contributed by atoms with Gasteiger partial charge in [-0.3, -0.25) is 24.6 Å². The van der Waals surface area contributed by atoms with Gasteiger partial charge in [0.15, 0.2) is 11.6 Å².